The minimum atomic E-state index is -0.380. The fraction of sp³-hybridized carbons (Fsp3) is 0.300. The Morgan fingerprint density at radius 1 is 1.31 bits per heavy atom. The Hall–Kier alpha value is -2.89. The van der Waals surface area contributed by atoms with Crippen molar-refractivity contribution in [1.82, 2.24) is 0 Å². The van der Waals surface area contributed by atoms with Crippen LogP contribution in [0.5, 0.6) is 5.75 Å². The average Bonchev–Trinajstić information content (AvgIpc) is 3.11. The molecule has 4 rings (SSSR count). The first-order valence-electron chi connectivity index (χ1n) is 8.72. The molecule has 2 aromatic rings. The highest BCUT2D eigenvalue weighted by Crippen LogP contribution is 2.53. The van der Waals surface area contributed by atoms with Gasteiger partial charge >= 0.3 is 0 Å². The number of nitrogens with zero attached hydrogens (tertiary/aromatic N) is 1. The monoisotopic (exact) mass is 354 g/mol. The molecule has 0 radical (unpaired) electrons. The predicted octanol–water partition coefficient (Wildman–Crippen LogP) is 4.96. The summed E-state index contributed by atoms with van der Waals surface area (Å²) in [6.07, 6.45) is 5.09. The molecule has 0 spiro atoms. The van der Waals surface area contributed by atoms with Crippen LogP contribution in [0.2, 0.25) is 0 Å². The van der Waals surface area contributed by atoms with Crippen molar-refractivity contribution >= 4 is 11.4 Å². The van der Waals surface area contributed by atoms with Gasteiger partial charge in [-0.15, -0.1) is 0 Å². The fourth-order valence-electron chi connectivity index (χ4n) is 4.05. The van der Waals surface area contributed by atoms with Crippen molar-refractivity contribution in [2.75, 3.05) is 11.9 Å². The average molecular weight is 354 g/mol. The quantitative estimate of drug-likeness (QED) is 0.479. The first-order chi connectivity index (χ1) is 12.6. The summed E-state index contributed by atoms with van der Waals surface area (Å²) in [5.41, 5.74) is 2.36. The molecule has 2 aliphatic rings. The Balaban J connectivity index is 1.83. The Kier molecular flexibility index (Phi) is 4.11. The molecule has 1 aliphatic heterocycles. The third-order valence-corrected chi connectivity index (χ3v) is 5.16. The summed E-state index contributed by atoms with van der Waals surface area (Å²) in [7, 11) is 0. The second-order valence-corrected chi connectivity index (χ2v) is 6.62. The fourth-order valence-corrected chi connectivity index (χ4v) is 4.05. The van der Waals surface area contributed by atoms with Crippen LogP contribution in [0.1, 0.15) is 36.4 Å². The zero-order valence-corrected chi connectivity index (χ0v) is 14.3. The molecule has 0 amide bonds. The highest BCUT2D eigenvalue weighted by atomic mass is 19.1. The number of fused-ring (bicyclic) bond motifs is 3. The van der Waals surface area contributed by atoms with Gasteiger partial charge in [0.05, 0.1) is 23.6 Å². The smallest absolute Gasteiger partial charge is 0.296 e. The van der Waals surface area contributed by atoms with E-state index in [1.165, 1.54) is 18.2 Å². The number of anilines is 1. The van der Waals surface area contributed by atoms with E-state index in [0.29, 0.717) is 18.0 Å². The van der Waals surface area contributed by atoms with E-state index < -0.39 is 0 Å². The van der Waals surface area contributed by atoms with Crippen molar-refractivity contribution in [2.45, 2.75) is 25.3 Å². The number of nitro groups is 1. The van der Waals surface area contributed by atoms with Gasteiger partial charge in [0.1, 0.15) is 17.3 Å². The second-order valence-electron chi connectivity index (χ2n) is 6.62. The number of ether oxygens (including phenoxy) is 1. The van der Waals surface area contributed by atoms with Gasteiger partial charge in [-0.25, -0.2) is 4.39 Å². The van der Waals surface area contributed by atoms with Gasteiger partial charge in [-0.05, 0) is 48.6 Å². The van der Waals surface area contributed by atoms with Gasteiger partial charge in [0.2, 0.25) is 0 Å². The first-order valence-corrected chi connectivity index (χ1v) is 8.72. The van der Waals surface area contributed by atoms with E-state index in [9.17, 15) is 14.5 Å². The van der Waals surface area contributed by atoms with Gasteiger partial charge in [0, 0.05) is 5.92 Å². The molecule has 26 heavy (non-hydrogen) atoms. The largest absolute Gasteiger partial charge is 0.494 e. The molecule has 6 heteroatoms. The zero-order valence-electron chi connectivity index (χ0n) is 14.3. The van der Waals surface area contributed by atoms with Crippen molar-refractivity contribution < 1.29 is 14.1 Å². The number of nitrogens with one attached hydrogen (secondary N) is 1. The van der Waals surface area contributed by atoms with E-state index in [2.05, 4.69) is 17.5 Å². The van der Waals surface area contributed by atoms with Gasteiger partial charge in [-0.1, -0.05) is 24.3 Å². The number of allylic oxidation sites excluding steroid dienone is 2. The molecule has 0 saturated carbocycles. The van der Waals surface area contributed by atoms with Crippen molar-refractivity contribution in [3.05, 3.63) is 75.6 Å². The van der Waals surface area contributed by atoms with E-state index in [0.717, 1.165) is 17.5 Å². The van der Waals surface area contributed by atoms with Gasteiger partial charge in [-0.2, -0.15) is 0 Å². The lowest BCUT2D eigenvalue weighted by molar-refractivity contribution is -0.384. The maximum Gasteiger partial charge on any atom is 0.296 e. The van der Waals surface area contributed by atoms with E-state index in [4.69, 9.17) is 4.74 Å². The number of halogens is 1. The predicted molar refractivity (Wildman–Crippen MR) is 97.0 cm³/mol. The third kappa shape index (κ3) is 2.71. The van der Waals surface area contributed by atoms with E-state index >= 15 is 0 Å². The number of hydrogen-bond donors (Lipinski definition) is 1. The van der Waals surface area contributed by atoms with Crippen LogP contribution in [0.15, 0.2) is 48.6 Å². The molecule has 0 saturated heterocycles. The van der Waals surface area contributed by atoms with Crippen LogP contribution in [0.4, 0.5) is 15.8 Å². The van der Waals surface area contributed by atoms with E-state index in [1.807, 2.05) is 13.0 Å². The summed E-state index contributed by atoms with van der Waals surface area (Å²) >= 11 is 0. The maximum atomic E-state index is 13.3. The summed E-state index contributed by atoms with van der Waals surface area (Å²) in [5, 5.41) is 15.0. The van der Waals surface area contributed by atoms with E-state index in [1.54, 1.807) is 12.1 Å². The van der Waals surface area contributed by atoms with E-state index in [-0.39, 0.29) is 34.3 Å². The lowest BCUT2D eigenvalue weighted by Gasteiger charge is -2.37. The molecule has 1 aliphatic carbocycles. The summed E-state index contributed by atoms with van der Waals surface area (Å²) in [4.78, 5) is 11.3. The SMILES string of the molecule is CCOc1cc2c(c([N+](=O)[O-])c1)N[C@@H](c1ccc(F)cc1)[C@@H]1CC=C[C@H]21. The summed E-state index contributed by atoms with van der Waals surface area (Å²) in [6, 6.07) is 9.59. The van der Waals surface area contributed by atoms with Crippen molar-refractivity contribution in [2.24, 2.45) is 5.92 Å². The molecule has 3 atom stereocenters. The Labute approximate surface area is 150 Å². The topological polar surface area (TPSA) is 64.4 Å². The minimum absolute atomic E-state index is 0.0109. The molecular formula is C20H19FN2O3. The molecule has 0 aromatic heterocycles. The second kappa shape index (κ2) is 6.44. The molecule has 0 unspecified atom stereocenters. The van der Waals surface area contributed by atoms with Crippen LogP contribution >= 0.6 is 0 Å². The molecule has 1 N–H and O–H groups in total. The minimum Gasteiger partial charge on any atom is -0.494 e. The van der Waals surface area contributed by atoms with Crippen molar-refractivity contribution in [3.8, 4) is 5.75 Å². The normalized spacial score (nSPS) is 23.1. The van der Waals surface area contributed by atoms with Gasteiger partial charge in [-0.3, -0.25) is 10.1 Å². The highest BCUT2D eigenvalue weighted by Gasteiger charge is 2.41. The molecule has 0 bridgehead atoms. The van der Waals surface area contributed by atoms with Crippen LogP contribution in [0, 0.1) is 21.8 Å². The van der Waals surface area contributed by atoms with Crippen LogP contribution in [-0.2, 0) is 0 Å². The summed E-state index contributed by atoms with van der Waals surface area (Å²) in [6.45, 7) is 2.30. The molecule has 5 nitrogen and oxygen atoms in total. The summed E-state index contributed by atoms with van der Waals surface area (Å²) < 4.78 is 18.8. The third-order valence-electron chi connectivity index (χ3n) is 5.16. The van der Waals surface area contributed by atoms with Crippen molar-refractivity contribution in [1.29, 1.82) is 0 Å². The Morgan fingerprint density at radius 3 is 2.77 bits per heavy atom. The number of nitro benzene ring substituents is 1. The molecule has 134 valence electrons. The van der Waals surface area contributed by atoms with Crippen LogP contribution < -0.4 is 10.1 Å². The van der Waals surface area contributed by atoms with Crippen LogP contribution in [-0.4, -0.2) is 11.5 Å². The number of rotatable bonds is 4. The Morgan fingerprint density at radius 2 is 2.08 bits per heavy atom. The van der Waals surface area contributed by atoms with Crippen LogP contribution in [0.25, 0.3) is 0 Å². The first kappa shape index (κ1) is 16.6. The Bertz CT molecular complexity index is 879. The van der Waals surface area contributed by atoms with Gasteiger partial charge in [0.25, 0.3) is 5.69 Å². The molecule has 1 heterocycles. The van der Waals surface area contributed by atoms with Gasteiger partial charge < -0.3 is 10.1 Å². The van der Waals surface area contributed by atoms with Gasteiger partial charge in [0.15, 0.2) is 0 Å². The standard InChI is InChI=1S/C20H19FN2O3/c1-2-26-14-10-17-15-4-3-5-16(15)19(12-6-8-13(21)9-7-12)22-20(17)18(11-14)23(24)25/h3-4,6-11,15-16,19,22H,2,5H2,1H3/t15-,16+,19-/m0/s1. The number of hydrogen-bond acceptors (Lipinski definition) is 4. The number of benzene rings is 2. The van der Waals surface area contributed by atoms with Crippen molar-refractivity contribution in [3.63, 3.8) is 0 Å². The molecule has 2 aromatic carbocycles. The molecular weight excluding hydrogens is 335 g/mol. The maximum absolute atomic E-state index is 13.3. The highest BCUT2D eigenvalue weighted by molar-refractivity contribution is 5.73. The lowest BCUT2D eigenvalue weighted by atomic mass is 9.76. The lowest BCUT2D eigenvalue weighted by Crippen LogP contribution is -2.29. The van der Waals surface area contributed by atoms with Crippen LogP contribution in [0.3, 0.4) is 0 Å². The summed E-state index contributed by atoms with van der Waals surface area (Å²) in [5.74, 6) is 0.516. The molecule has 0 fully saturated rings. The zero-order chi connectivity index (χ0) is 18.3.